The number of hydrogen-bond donors (Lipinski definition) is 4. The highest BCUT2D eigenvalue weighted by molar-refractivity contribution is 5.90. The molecule has 0 bridgehead atoms. The zero-order valence-electron chi connectivity index (χ0n) is 14.3. The van der Waals surface area contributed by atoms with E-state index in [0.717, 1.165) is 23.0 Å². The van der Waals surface area contributed by atoms with E-state index in [9.17, 15) is 9.59 Å². The van der Waals surface area contributed by atoms with E-state index in [1.165, 1.54) is 0 Å². The number of nitrogens with two attached hydrogens (primary N) is 1. The van der Waals surface area contributed by atoms with Crippen molar-refractivity contribution < 1.29 is 9.59 Å². The maximum atomic E-state index is 12.4. The Morgan fingerprint density at radius 3 is 2.79 bits per heavy atom. The predicted octanol–water partition coefficient (Wildman–Crippen LogP) is 0.710. The maximum absolute atomic E-state index is 12.4. The summed E-state index contributed by atoms with van der Waals surface area (Å²) in [6.45, 7) is 3.91. The van der Waals surface area contributed by atoms with Crippen molar-refractivity contribution in [1.82, 2.24) is 20.6 Å². The SMILES string of the molecule is CC[C@H](C)[C@H](NC(=O)[C@@H](N)Cc1c[nH]c2ncccc12)C(=O)NC. The zero-order chi connectivity index (χ0) is 17.7. The molecule has 0 aliphatic carbocycles. The van der Waals surface area contributed by atoms with Gasteiger partial charge in [0.2, 0.25) is 11.8 Å². The number of likely N-dealkylation sites (N-methyl/N-ethyl adjacent to an activating group) is 1. The molecule has 0 fully saturated rings. The topological polar surface area (TPSA) is 113 Å². The van der Waals surface area contributed by atoms with Crippen LogP contribution in [0.15, 0.2) is 24.5 Å². The van der Waals surface area contributed by atoms with E-state index in [4.69, 9.17) is 5.73 Å². The van der Waals surface area contributed by atoms with E-state index >= 15 is 0 Å². The third-order valence-electron chi connectivity index (χ3n) is 4.35. The van der Waals surface area contributed by atoms with Gasteiger partial charge in [-0.3, -0.25) is 9.59 Å². The molecule has 7 heteroatoms. The first-order chi connectivity index (χ1) is 11.5. The molecule has 0 unspecified atom stereocenters. The summed E-state index contributed by atoms with van der Waals surface area (Å²) in [5, 5.41) is 6.31. The van der Waals surface area contributed by atoms with E-state index in [1.807, 2.05) is 32.2 Å². The molecule has 2 aromatic rings. The van der Waals surface area contributed by atoms with Crippen molar-refractivity contribution in [2.75, 3.05) is 7.05 Å². The van der Waals surface area contributed by atoms with Crippen LogP contribution in [-0.2, 0) is 16.0 Å². The van der Waals surface area contributed by atoms with Gasteiger partial charge in [0, 0.05) is 24.8 Å². The van der Waals surface area contributed by atoms with Crippen LogP contribution in [0.4, 0.5) is 0 Å². The van der Waals surface area contributed by atoms with Gasteiger partial charge in [0.1, 0.15) is 11.7 Å². The third kappa shape index (κ3) is 3.91. The molecule has 0 radical (unpaired) electrons. The van der Waals surface area contributed by atoms with Crippen LogP contribution in [0, 0.1) is 5.92 Å². The molecule has 130 valence electrons. The first-order valence-electron chi connectivity index (χ1n) is 8.16. The number of aromatic nitrogens is 2. The van der Waals surface area contributed by atoms with Crippen molar-refractivity contribution in [3.8, 4) is 0 Å². The van der Waals surface area contributed by atoms with Gasteiger partial charge < -0.3 is 21.4 Å². The molecule has 7 nitrogen and oxygen atoms in total. The third-order valence-corrected chi connectivity index (χ3v) is 4.35. The molecular weight excluding hydrogens is 306 g/mol. The smallest absolute Gasteiger partial charge is 0.242 e. The number of pyridine rings is 1. The Hall–Kier alpha value is -2.41. The van der Waals surface area contributed by atoms with E-state index in [0.29, 0.717) is 6.42 Å². The van der Waals surface area contributed by atoms with Gasteiger partial charge in [0.05, 0.1) is 6.04 Å². The van der Waals surface area contributed by atoms with Crippen molar-refractivity contribution in [2.45, 2.75) is 38.8 Å². The lowest BCUT2D eigenvalue weighted by molar-refractivity contribution is -0.130. The first kappa shape index (κ1) is 17.9. The molecule has 0 saturated heterocycles. The van der Waals surface area contributed by atoms with Gasteiger partial charge in [-0.15, -0.1) is 0 Å². The Kier molecular flexibility index (Phi) is 5.92. The number of H-pyrrole nitrogens is 1. The van der Waals surface area contributed by atoms with Crippen LogP contribution in [0.5, 0.6) is 0 Å². The number of carbonyl (C=O) groups excluding carboxylic acids is 2. The van der Waals surface area contributed by atoms with Crippen LogP contribution >= 0.6 is 0 Å². The van der Waals surface area contributed by atoms with Crippen LogP contribution in [0.3, 0.4) is 0 Å². The van der Waals surface area contributed by atoms with Gasteiger partial charge in [-0.1, -0.05) is 20.3 Å². The minimum Gasteiger partial charge on any atom is -0.357 e. The average molecular weight is 331 g/mol. The van der Waals surface area contributed by atoms with Gasteiger partial charge in [0.15, 0.2) is 0 Å². The fraction of sp³-hybridized carbons (Fsp3) is 0.471. The normalized spacial score (nSPS) is 14.8. The molecule has 0 aliphatic heterocycles. The molecule has 24 heavy (non-hydrogen) atoms. The highest BCUT2D eigenvalue weighted by atomic mass is 16.2. The van der Waals surface area contributed by atoms with Crippen LogP contribution in [0.1, 0.15) is 25.8 Å². The predicted molar refractivity (Wildman–Crippen MR) is 93.2 cm³/mol. The average Bonchev–Trinajstić information content (AvgIpc) is 3.01. The highest BCUT2D eigenvalue weighted by Gasteiger charge is 2.27. The monoisotopic (exact) mass is 331 g/mol. The van der Waals surface area contributed by atoms with Gasteiger partial charge in [-0.2, -0.15) is 0 Å². The standard InChI is InChI=1S/C17H25N5O2/c1-4-10(2)14(17(24)19-3)22-16(23)13(18)8-11-9-21-15-12(11)6-5-7-20-15/h5-7,9-10,13-14H,4,8,18H2,1-3H3,(H,19,24)(H,20,21)(H,22,23)/t10-,13-,14-/m0/s1. The van der Waals surface area contributed by atoms with Crippen LogP contribution in [-0.4, -0.2) is 40.9 Å². The molecular formula is C17H25N5O2. The lowest BCUT2D eigenvalue weighted by Crippen LogP contribution is -2.54. The van der Waals surface area contributed by atoms with Crippen LogP contribution in [0.2, 0.25) is 0 Å². The summed E-state index contributed by atoms with van der Waals surface area (Å²) in [4.78, 5) is 31.7. The quantitative estimate of drug-likeness (QED) is 0.598. The Morgan fingerprint density at radius 2 is 2.12 bits per heavy atom. The summed E-state index contributed by atoms with van der Waals surface area (Å²) in [6, 6.07) is 2.46. The zero-order valence-corrected chi connectivity index (χ0v) is 14.3. The molecule has 2 heterocycles. The van der Waals surface area contributed by atoms with Crippen molar-refractivity contribution in [3.05, 3.63) is 30.1 Å². The van der Waals surface area contributed by atoms with Gasteiger partial charge in [0.25, 0.3) is 0 Å². The summed E-state index contributed by atoms with van der Waals surface area (Å²) in [5.41, 5.74) is 7.75. The molecule has 0 aromatic carbocycles. The largest absolute Gasteiger partial charge is 0.357 e. The molecule has 5 N–H and O–H groups in total. The number of fused-ring (bicyclic) bond motifs is 1. The number of carbonyl (C=O) groups is 2. The lowest BCUT2D eigenvalue weighted by Gasteiger charge is -2.24. The minimum atomic E-state index is -0.736. The molecule has 3 atom stereocenters. The maximum Gasteiger partial charge on any atom is 0.242 e. The van der Waals surface area contributed by atoms with E-state index in [1.54, 1.807) is 13.2 Å². The van der Waals surface area contributed by atoms with Gasteiger partial charge in [-0.25, -0.2) is 4.98 Å². The first-order valence-corrected chi connectivity index (χ1v) is 8.16. The van der Waals surface area contributed by atoms with Crippen molar-refractivity contribution >= 4 is 22.8 Å². The lowest BCUT2D eigenvalue weighted by atomic mass is 9.97. The van der Waals surface area contributed by atoms with Crippen molar-refractivity contribution in [1.29, 1.82) is 0 Å². The molecule has 2 amide bonds. The van der Waals surface area contributed by atoms with Crippen LogP contribution in [0.25, 0.3) is 11.0 Å². The highest BCUT2D eigenvalue weighted by Crippen LogP contribution is 2.17. The van der Waals surface area contributed by atoms with Gasteiger partial charge in [-0.05, 0) is 30.0 Å². The van der Waals surface area contributed by atoms with Gasteiger partial charge >= 0.3 is 0 Å². The molecule has 0 spiro atoms. The molecule has 2 rings (SSSR count). The minimum absolute atomic E-state index is 0.0263. The van der Waals surface area contributed by atoms with E-state index in [2.05, 4.69) is 20.6 Å². The number of aromatic amines is 1. The Labute approximate surface area is 141 Å². The number of amides is 2. The summed E-state index contributed by atoms with van der Waals surface area (Å²) >= 11 is 0. The van der Waals surface area contributed by atoms with Crippen LogP contribution < -0.4 is 16.4 Å². The summed E-state index contributed by atoms with van der Waals surface area (Å²) in [5.74, 6) is -0.512. The molecule has 2 aromatic heterocycles. The Balaban J connectivity index is 2.07. The molecule has 0 saturated carbocycles. The fourth-order valence-electron chi connectivity index (χ4n) is 2.63. The van der Waals surface area contributed by atoms with Crippen molar-refractivity contribution in [2.24, 2.45) is 11.7 Å². The second-order valence-corrected chi connectivity index (χ2v) is 6.01. The van der Waals surface area contributed by atoms with Crippen molar-refractivity contribution in [3.63, 3.8) is 0 Å². The number of rotatable bonds is 7. The number of nitrogens with one attached hydrogen (secondary N) is 3. The second kappa shape index (κ2) is 7.92. The summed E-state index contributed by atoms with van der Waals surface area (Å²) < 4.78 is 0. The van der Waals surface area contributed by atoms with E-state index in [-0.39, 0.29) is 17.7 Å². The fourth-order valence-corrected chi connectivity index (χ4v) is 2.63. The summed E-state index contributed by atoms with van der Waals surface area (Å²) in [7, 11) is 1.56. The second-order valence-electron chi connectivity index (χ2n) is 6.01. The number of hydrogen-bond acceptors (Lipinski definition) is 4. The number of nitrogens with zero attached hydrogens (tertiary/aromatic N) is 1. The van der Waals surface area contributed by atoms with E-state index < -0.39 is 12.1 Å². The Morgan fingerprint density at radius 1 is 1.38 bits per heavy atom. The summed E-state index contributed by atoms with van der Waals surface area (Å²) in [6.07, 6.45) is 4.67. The Bertz CT molecular complexity index is 712. The molecule has 0 aliphatic rings.